The van der Waals surface area contributed by atoms with E-state index in [-0.39, 0.29) is 6.61 Å². The number of rotatable bonds is 48. The lowest BCUT2D eigenvalue weighted by Crippen LogP contribution is -2.48. The van der Waals surface area contributed by atoms with E-state index < -0.39 is 24.2 Å². The van der Waals surface area contributed by atoms with Crippen LogP contribution >= 0.6 is 0 Å². The van der Waals surface area contributed by atoms with Gasteiger partial charge in [-0.3, -0.25) is 4.79 Å². The Kier molecular flexibility index (Phi) is 48.0. The van der Waals surface area contributed by atoms with Gasteiger partial charge in [0.25, 0.3) is 0 Å². The number of nitrogens with one attached hydrogen (secondary N) is 1. The monoisotopic (exact) mass is 830 g/mol. The number of aliphatic hydroxyl groups is 3. The third kappa shape index (κ3) is 44.4. The maximum absolute atomic E-state index is 12.5. The fourth-order valence-corrected chi connectivity index (χ4v) is 8.10. The van der Waals surface area contributed by atoms with Crippen molar-refractivity contribution in [3.05, 3.63) is 36.5 Å². The summed E-state index contributed by atoms with van der Waals surface area (Å²) in [4.78, 5) is 12.5. The predicted octanol–water partition coefficient (Wildman–Crippen LogP) is 15.9. The van der Waals surface area contributed by atoms with Crippen molar-refractivity contribution in [2.75, 3.05) is 6.61 Å². The van der Waals surface area contributed by atoms with Gasteiger partial charge in [-0.05, 0) is 44.9 Å². The summed E-state index contributed by atoms with van der Waals surface area (Å²) in [5, 5.41) is 33.3. The zero-order valence-corrected chi connectivity index (χ0v) is 39.6. The minimum atomic E-state index is -1.11. The van der Waals surface area contributed by atoms with Crippen LogP contribution in [-0.4, -0.2) is 46.1 Å². The summed E-state index contributed by atoms with van der Waals surface area (Å²) in [5.74, 6) is -0.513. The average molecular weight is 830 g/mol. The Morgan fingerprint density at radius 2 is 0.695 bits per heavy atom. The fraction of sp³-hybridized carbons (Fsp3) is 0.870. The third-order valence-corrected chi connectivity index (χ3v) is 12.2. The van der Waals surface area contributed by atoms with Gasteiger partial charge in [0.1, 0.15) is 6.10 Å². The molecule has 0 aromatic rings. The summed E-state index contributed by atoms with van der Waals surface area (Å²) in [6.07, 6.45) is 63.5. The summed E-state index contributed by atoms with van der Waals surface area (Å²) in [6.45, 7) is 4.19. The molecule has 0 aromatic carbocycles. The Morgan fingerprint density at radius 1 is 0.407 bits per heavy atom. The van der Waals surface area contributed by atoms with Gasteiger partial charge in [0, 0.05) is 0 Å². The van der Waals surface area contributed by atoms with Crippen molar-refractivity contribution >= 4 is 5.91 Å². The number of allylic oxidation sites excluding steroid dienone is 5. The SMILES string of the molecule is CCCCCCCCCCCCCCC/C=C/CC/C=C/CC/C=C/C(O)C(CO)NC(=O)C(O)CCCCCCCCCCCCCCCCCCCCCCCC. The van der Waals surface area contributed by atoms with Crippen LogP contribution in [0, 0.1) is 0 Å². The topological polar surface area (TPSA) is 89.8 Å². The number of hydrogen-bond donors (Lipinski definition) is 4. The highest BCUT2D eigenvalue weighted by Gasteiger charge is 2.22. The van der Waals surface area contributed by atoms with Crippen LogP contribution in [0.4, 0.5) is 0 Å². The fourth-order valence-electron chi connectivity index (χ4n) is 8.10. The van der Waals surface area contributed by atoms with E-state index in [2.05, 4.69) is 43.5 Å². The molecule has 1 amide bonds. The van der Waals surface area contributed by atoms with Crippen molar-refractivity contribution in [2.24, 2.45) is 0 Å². The number of aliphatic hydroxyl groups excluding tert-OH is 3. The van der Waals surface area contributed by atoms with Crippen LogP contribution in [0.15, 0.2) is 36.5 Å². The maximum Gasteiger partial charge on any atom is 0.249 e. The first-order chi connectivity index (χ1) is 29.1. The van der Waals surface area contributed by atoms with E-state index in [1.165, 1.54) is 212 Å². The van der Waals surface area contributed by atoms with Crippen molar-refractivity contribution in [1.29, 1.82) is 0 Å². The Labute approximate surface area is 368 Å². The van der Waals surface area contributed by atoms with Gasteiger partial charge in [0.15, 0.2) is 0 Å². The van der Waals surface area contributed by atoms with Crippen LogP contribution in [0.1, 0.15) is 277 Å². The molecule has 0 saturated carbocycles. The molecule has 348 valence electrons. The molecule has 0 bridgehead atoms. The zero-order chi connectivity index (χ0) is 43.0. The van der Waals surface area contributed by atoms with Gasteiger partial charge in [0.05, 0.1) is 18.8 Å². The molecule has 59 heavy (non-hydrogen) atoms. The Balaban J connectivity index is 3.65. The molecule has 3 unspecified atom stereocenters. The highest BCUT2D eigenvalue weighted by atomic mass is 16.3. The van der Waals surface area contributed by atoms with Gasteiger partial charge < -0.3 is 20.6 Å². The van der Waals surface area contributed by atoms with E-state index in [0.717, 1.165) is 44.9 Å². The smallest absolute Gasteiger partial charge is 0.249 e. The molecule has 5 heteroatoms. The number of hydrogen-bond acceptors (Lipinski definition) is 4. The molecule has 0 aliphatic heterocycles. The molecule has 0 aromatic heterocycles. The number of carbonyl (C=O) groups excluding carboxylic acids is 1. The van der Waals surface area contributed by atoms with Gasteiger partial charge in [-0.15, -0.1) is 0 Å². The lowest BCUT2D eigenvalue weighted by atomic mass is 10.0. The standard InChI is InChI=1S/C54H103NO4/c1-3-5-7-9-11-13-15-17-19-21-23-25-27-29-30-32-34-36-38-40-42-44-46-48-52(57)51(50-56)55-54(59)53(58)49-47-45-43-41-39-37-35-33-31-28-26-24-22-20-18-16-14-12-10-8-6-4-2/h30,32,38,40,46,48,51-53,56-58H,3-29,31,33-37,39,41-45,47,49-50H2,1-2H3,(H,55,59)/b32-30+,40-38+,48-46+. The van der Waals surface area contributed by atoms with Gasteiger partial charge >= 0.3 is 0 Å². The maximum atomic E-state index is 12.5. The largest absolute Gasteiger partial charge is 0.394 e. The van der Waals surface area contributed by atoms with E-state index in [1.807, 2.05) is 6.08 Å². The Bertz CT molecular complexity index is 916. The van der Waals surface area contributed by atoms with Gasteiger partial charge in [-0.1, -0.05) is 269 Å². The molecule has 0 radical (unpaired) electrons. The molecule has 4 N–H and O–H groups in total. The molecule has 0 rings (SSSR count). The highest BCUT2D eigenvalue weighted by Crippen LogP contribution is 2.17. The summed E-state index contributed by atoms with van der Waals surface area (Å²) in [5.41, 5.74) is 0. The molecule has 0 aliphatic rings. The summed E-state index contributed by atoms with van der Waals surface area (Å²) >= 11 is 0. The first-order valence-corrected chi connectivity index (χ1v) is 26.3. The number of unbranched alkanes of at least 4 members (excludes halogenated alkanes) is 36. The highest BCUT2D eigenvalue weighted by molar-refractivity contribution is 5.80. The van der Waals surface area contributed by atoms with Crippen molar-refractivity contribution < 1.29 is 20.1 Å². The van der Waals surface area contributed by atoms with Crippen LogP contribution in [0.2, 0.25) is 0 Å². The van der Waals surface area contributed by atoms with Crippen LogP contribution < -0.4 is 5.32 Å². The quantitative estimate of drug-likeness (QED) is 0.0363. The molecular weight excluding hydrogens is 727 g/mol. The summed E-state index contributed by atoms with van der Waals surface area (Å²) < 4.78 is 0. The van der Waals surface area contributed by atoms with E-state index in [9.17, 15) is 20.1 Å². The molecule has 0 heterocycles. The second kappa shape index (κ2) is 49.2. The number of amides is 1. The predicted molar refractivity (Wildman–Crippen MR) is 259 cm³/mol. The van der Waals surface area contributed by atoms with Crippen LogP contribution in [0.25, 0.3) is 0 Å². The number of carbonyl (C=O) groups is 1. The first kappa shape index (κ1) is 57.6. The van der Waals surface area contributed by atoms with Crippen LogP contribution in [0.3, 0.4) is 0 Å². The van der Waals surface area contributed by atoms with Gasteiger partial charge in [-0.25, -0.2) is 0 Å². The second-order valence-corrected chi connectivity index (χ2v) is 18.1. The molecule has 0 saturated heterocycles. The van der Waals surface area contributed by atoms with Crippen molar-refractivity contribution in [1.82, 2.24) is 5.32 Å². The molecule has 0 spiro atoms. The normalized spacial score (nSPS) is 13.6. The van der Waals surface area contributed by atoms with Crippen LogP contribution in [0.5, 0.6) is 0 Å². The van der Waals surface area contributed by atoms with Crippen LogP contribution in [-0.2, 0) is 4.79 Å². The molecule has 3 atom stereocenters. The zero-order valence-electron chi connectivity index (χ0n) is 39.6. The average Bonchev–Trinajstić information content (AvgIpc) is 3.24. The lowest BCUT2D eigenvalue weighted by Gasteiger charge is -2.21. The minimum Gasteiger partial charge on any atom is -0.394 e. The Morgan fingerprint density at radius 3 is 1.03 bits per heavy atom. The van der Waals surface area contributed by atoms with Gasteiger partial charge in [-0.2, -0.15) is 0 Å². The molecule has 0 fully saturated rings. The van der Waals surface area contributed by atoms with E-state index in [1.54, 1.807) is 6.08 Å². The van der Waals surface area contributed by atoms with Crippen molar-refractivity contribution in [3.63, 3.8) is 0 Å². The van der Waals surface area contributed by atoms with E-state index >= 15 is 0 Å². The third-order valence-electron chi connectivity index (χ3n) is 12.2. The van der Waals surface area contributed by atoms with Crippen molar-refractivity contribution in [2.45, 2.75) is 295 Å². The van der Waals surface area contributed by atoms with E-state index in [4.69, 9.17) is 0 Å². The van der Waals surface area contributed by atoms with Crippen molar-refractivity contribution in [3.8, 4) is 0 Å². The van der Waals surface area contributed by atoms with Gasteiger partial charge in [0.2, 0.25) is 5.91 Å². The lowest BCUT2D eigenvalue weighted by molar-refractivity contribution is -0.131. The van der Waals surface area contributed by atoms with E-state index in [0.29, 0.717) is 6.42 Å². The Hall–Kier alpha value is -1.43. The summed E-state index contributed by atoms with van der Waals surface area (Å²) in [6, 6.07) is -0.819. The minimum absolute atomic E-state index is 0.379. The summed E-state index contributed by atoms with van der Waals surface area (Å²) in [7, 11) is 0. The second-order valence-electron chi connectivity index (χ2n) is 18.1. The first-order valence-electron chi connectivity index (χ1n) is 26.3. The molecular formula is C54H103NO4. The molecule has 0 aliphatic carbocycles. The molecule has 5 nitrogen and oxygen atoms in total.